The van der Waals surface area contributed by atoms with E-state index >= 15 is 0 Å². The molecule has 44 heavy (non-hydrogen) atoms. The molecule has 10 aromatic rings. The Morgan fingerprint density at radius 3 is 0.659 bits per heavy atom. The van der Waals surface area contributed by atoms with E-state index in [4.69, 9.17) is 0 Å². The molecule has 10 rings (SSSR count). The Morgan fingerprint density at radius 2 is 0.432 bits per heavy atom. The van der Waals surface area contributed by atoms with E-state index in [1.807, 2.05) is 90.7 Å². The Hall–Kier alpha value is -2.92. The Labute approximate surface area is 283 Å². The molecule has 0 unspecified atom stereocenters. The second-order valence-corrected chi connectivity index (χ2v) is 19.0. The third-order valence-electron chi connectivity index (χ3n) is 7.70. The van der Waals surface area contributed by atoms with Crippen molar-refractivity contribution in [3.05, 3.63) is 109 Å². The van der Waals surface area contributed by atoms with E-state index in [0.717, 1.165) is 0 Å². The largest absolute Gasteiger partial charge is 0.133 e. The van der Waals surface area contributed by atoms with Gasteiger partial charge in [-0.05, 0) is 60.7 Å². The topological polar surface area (TPSA) is 0 Å². The van der Waals surface area contributed by atoms with Crippen molar-refractivity contribution in [1.29, 1.82) is 0 Å². The van der Waals surface area contributed by atoms with Crippen LogP contribution in [-0.4, -0.2) is 0 Å². The lowest BCUT2D eigenvalue weighted by Crippen LogP contribution is -1.86. The number of rotatable bonds is 1. The van der Waals surface area contributed by atoms with Gasteiger partial charge in [0.15, 0.2) is 0 Å². The molecule has 0 N–H and O–H groups in total. The first kappa shape index (κ1) is 26.3. The standard InChI is InChI=1S/C36H18S8/c1-5-13-23-19(9-1)37-27-17-28-34(42-24-14-6-2-10-20(24)38-28)31(33(27)41-23)32-35-29(39-21-11-3-7-15-25(21)43-35)18-30-36(32)44-26-16-8-4-12-22(26)40-30/h1-18H. The second kappa shape index (κ2) is 10.3. The fourth-order valence-corrected chi connectivity index (χ4v) is 15.7. The van der Waals surface area contributed by atoms with Crippen LogP contribution in [0.25, 0.3) is 86.3 Å². The molecule has 0 radical (unpaired) electrons. The van der Waals surface area contributed by atoms with Crippen LogP contribution in [0.15, 0.2) is 109 Å². The fraction of sp³-hybridized carbons (Fsp3) is 0. The van der Waals surface area contributed by atoms with Gasteiger partial charge in [-0.2, -0.15) is 0 Å². The zero-order chi connectivity index (χ0) is 28.8. The van der Waals surface area contributed by atoms with Crippen LogP contribution in [0.5, 0.6) is 0 Å². The van der Waals surface area contributed by atoms with E-state index in [-0.39, 0.29) is 0 Å². The van der Waals surface area contributed by atoms with Gasteiger partial charge in [-0.15, -0.1) is 90.7 Å². The van der Waals surface area contributed by atoms with E-state index in [9.17, 15) is 0 Å². The van der Waals surface area contributed by atoms with Crippen LogP contribution in [0.1, 0.15) is 0 Å². The average Bonchev–Trinajstić information content (AvgIpc) is 3.06. The number of hydrogen-bond donors (Lipinski definition) is 0. The van der Waals surface area contributed by atoms with Crippen LogP contribution < -0.4 is 0 Å². The highest BCUT2D eigenvalue weighted by atomic mass is 32.1. The van der Waals surface area contributed by atoms with Crippen LogP contribution >= 0.6 is 90.7 Å². The minimum atomic E-state index is 1.35. The second-order valence-electron chi connectivity index (χ2n) is 10.4. The highest BCUT2D eigenvalue weighted by molar-refractivity contribution is 7.41. The van der Waals surface area contributed by atoms with Crippen LogP contribution in [0.4, 0.5) is 0 Å². The van der Waals surface area contributed by atoms with Crippen LogP contribution in [0.3, 0.4) is 0 Å². The number of benzene rings is 6. The number of hydrogen-bond acceptors (Lipinski definition) is 8. The molecule has 0 aliphatic carbocycles. The molecule has 4 aromatic heterocycles. The molecule has 0 atom stereocenters. The maximum Gasteiger partial charge on any atom is 0.0543 e. The van der Waals surface area contributed by atoms with E-state index in [1.165, 1.54) is 86.3 Å². The molecule has 0 fully saturated rings. The summed E-state index contributed by atoms with van der Waals surface area (Å²) in [7, 11) is 0. The molecule has 0 spiro atoms. The van der Waals surface area contributed by atoms with Crippen molar-refractivity contribution in [3.8, 4) is 11.1 Å². The highest BCUT2D eigenvalue weighted by Gasteiger charge is 2.22. The molecule has 0 nitrogen and oxygen atoms in total. The highest BCUT2D eigenvalue weighted by Crippen LogP contribution is 2.53. The Bertz CT molecular complexity index is 2460. The van der Waals surface area contributed by atoms with Crippen molar-refractivity contribution in [1.82, 2.24) is 0 Å². The monoisotopic (exact) mass is 706 g/mol. The van der Waals surface area contributed by atoms with Gasteiger partial charge < -0.3 is 0 Å². The van der Waals surface area contributed by atoms with Gasteiger partial charge in [0.25, 0.3) is 0 Å². The Balaban J connectivity index is 1.50. The lowest BCUT2D eigenvalue weighted by Gasteiger charge is -2.16. The molecular formula is C36H18S8. The predicted molar refractivity (Wildman–Crippen MR) is 210 cm³/mol. The summed E-state index contributed by atoms with van der Waals surface area (Å²) < 4.78 is 21.8. The third-order valence-corrected chi connectivity index (χ3v) is 18.0. The summed E-state index contributed by atoms with van der Waals surface area (Å²) in [5.74, 6) is 0. The van der Waals surface area contributed by atoms with Gasteiger partial charge in [-0.25, -0.2) is 0 Å². The van der Waals surface area contributed by atoms with E-state index in [0.29, 0.717) is 0 Å². The summed E-state index contributed by atoms with van der Waals surface area (Å²) >= 11 is 15.5. The molecule has 0 bridgehead atoms. The molecule has 6 aromatic carbocycles. The van der Waals surface area contributed by atoms with Crippen LogP contribution in [0, 0.1) is 0 Å². The maximum absolute atomic E-state index is 2.46. The molecular weight excluding hydrogens is 689 g/mol. The first-order chi connectivity index (χ1) is 21.8. The van der Waals surface area contributed by atoms with Crippen molar-refractivity contribution in [2.45, 2.75) is 0 Å². The van der Waals surface area contributed by atoms with Gasteiger partial charge >= 0.3 is 0 Å². The number of fused-ring (bicyclic) bond motifs is 8. The summed E-state index contributed by atoms with van der Waals surface area (Å²) in [6.07, 6.45) is 0. The van der Waals surface area contributed by atoms with Crippen molar-refractivity contribution in [2.24, 2.45) is 0 Å². The van der Waals surface area contributed by atoms with Crippen LogP contribution in [0.2, 0.25) is 0 Å². The summed E-state index contributed by atoms with van der Waals surface area (Å²) in [5, 5.41) is 0. The van der Waals surface area contributed by atoms with Crippen molar-refractivity contribution in [2.75, 3.05) is 0 Å². The first-order valence-corrected chi connectivity index (χ1v) is 20.5. The van der Waals surface area contributed by atoms with Crippen molar-refractivity contribution in [3.63, 3.8) is 0 Å². The quantitative estimate of drug-likeness (QED) is 0.149. The maximum atomic E-state index is 2.46. The Kier molecular flexibility index (Phi) is 6.16. The normalized spacial score (nSPS) is 12.1. The fourth-order valence-electron chi connectivity index (χ4n) is 5.75. The zero-order valence-corrected chi connectivity index (χ0v) is 29.2. The molecule has 210 valence electrons. The molecule has 0 aliphatic rings. The molecule has 8 heteroatoms. The van der Waals surface area contributed by atoms with Crippen molar-refractivity contribution >= 4 is 166 Å². The van der Waals surface area contributed by atoms with Gasteiger partial charge in [0.05, 0.1) is 18.8 Å². The molecule has 0 amide bonds. The van der Waals surface area contributed by atoms with E-state index in [1.54, 1.807) is 0 Å². The molecule has 4 heterocycles. The van der Waals surface area contributed by atoms with Gasteiger partial charge in [-0.1, -0.05) is 48.5 Å². The summed E-state index contributed by atoms with van der Waals surface area (Å²) in [4.78, 5) is 0. The summed E-state index contributed by atoms with van der Waals surface area (Å²) in [5.41, 5.74) is 2.81. The average molecular weight is 707 g/mol. The molecule has 0 saturated carbocycles. The zero-order valence-electron chi connectivity index (χ0n) is 22.7. The Morgan fingerprint density at radius 1 is 0.227 bits per heavy atom. The summed E-state index contributed by atoms with van der Waals surface area (Å²) in [6, 6.07) is 40.5. The third kappa shape index (κ3) is 4.13. The first-order valence-electron chi connectivity index (χ1n) is 14.0. The van der Waals surface area contributed by atoms with Gasteiger partial charge in [0, 0.05) is 67.5 Å². The van der Waals surface area contributed by atoms with E-state index < -0.39 is 0 Å². The predicted octanol–water partition coefficient (Wildman–Crippen LogP) is 15.3. The molecule has 0 aliphatic heterocycles. The lowest BCUT2D eigenvalue weighted by atomic mass is 10.1. The smallest absolute Gasteiger partial charge is 0.0543 e. The lowest BCUT2D eigenvalue weighted by molar-refractivity contribution is 1.88. The molecule has 0 saturated heterocycles. The SMILES string of the molecule is c1ccc2sc3c(-c4c5sc6ccccc6sc5cc5sc6ccccc6sc45)c4sc5ccccc5sc4cc3sc2c1. The van der Waals surface area contributed by atoms with Crippen molar-refractivity contribution < 1.29 is 0 Å². The van der Waals surface area contributed by atoms with Gasteiger partial charge in [-0.3, -0.25) is 0 Å². The summed E-state index contributed by atoms with van der Waals surface area (Å²) in [6.45, 7) is 0. The van der Waals surface area contributed by atoms with Gasteiger partial charge in [0.1, 0.15) is 0 Å². The minimum absolute atomic E-state index is 1.35. The van der Waals surface area contributed by atoms with Gasteiger partial charge in [0.2, 0.25) is 0 Å². The minimum Gasteiger partial charge on any atom is -0.133 e. The van der Waals surface area contributed by atoms with Crippen LogP contribution in [-0.2, 0) is 0 Å². The van der Waals surface area contributed by atoms with E-state index in [2.05, 4.69) is 109 Å².